The van der Waals surface area contributed by atoms with Gasteiger partial charge in [0.1, 0.15) is 0 Å². The summed E-state index contributed by atoms with van der Waals surface area (Å²) in [5, 5.41) is 11.1. The summed E-state index contributed by atoms with van der Waals surface area (Å²) >= 11 is 0. The Labute approximate surface area is 131 Å². The fourth-order valence-corrected chi connectivity index (χ4v) is 3.87. The Balaban J connectivity index is 1.94. The van der Waals surface area contributed by atoms with Crippen molar-refractivity contribution in [2.75, 3.05) is 13.1 Å². The highest BCUT2D eigenvalue weighted by atomic mass is 16.4. The fraction of sp³-hybridized carbons (Fsp3) is 0.812. The van der Waals surface area contributed by atoms with Crippen molar-refractivity contribution in [2.45, 2.75) is 57.8 Å². The molecule has 0 atom stereocenters. The smallest absolute Gasteiger partial charge is 0.223 e. The Bertz CT molecular complexity index is 435. The third-order valence-electron chi connectivity index (χ3n) is 5.21. The molecule has 0 bridgehead atoms. The van der Waals surface area contributed by atoms with E-state index in [9.17, 15) is 19.5 Å². The zero-order chi connectivity index (χ0) is 16.2. The summed E-state index contributed by atoms with van der Waals surface area (Å²) in [7, 11) is 0. The third kappa shape index (κ3) is 4.21. The standard InChI is InChI=1S/C16H26N2O4/c17-15(22)12-4-8-18(9-5-12)13(19)10-16(11-14(20)21)6-2-1-3-7-16/h12H,1-11H2,(H2,17,22)(H,20,21)/p-1. The predicted octanol–water partition coefficient (Wildman–Crippen LogP) is 0.191. The second kappa shape index (κ2) is 7.11. The molecule has 2 rings (SSSR count). The average Bonchev–Trinajstić information content (AvgIpc) is 2.47. The van der Waals surface area contributed by atoms with Crippen LogP contribution in [0.15, 0.2) is 0 Å². The molecule has 0 unspecified atom stereocenters. The molecule has 0 spiro atoms. The van der Waals surface area contributed by atoms with E-state index in [1.807, 2.05) is 0 Å². The molecular weight excluding hydrogens is 284 g/mol. The number of carbonyl (C=O) groups excluding carboxylic acids is 3. The maximum absolute atomic E-state index is 12.5. The van der Waals surface area contributed by atoms with Crippen LogP contribution >= 0.6 is 0 Å². The molecule has 0 radical (unpaired) electrons. The molecule has 1 saturated carbocycles. The van der Waals surface area contributed by atoms with Crippen LogP contribution < -0.4 is 10.8 Å². The van der Waals surface area contributed by atoms with Crippen molar-refractivity contribution in [3.05, 3.63) is 0 Å². The minimum atomic E-state index is -1.07. The maximum Gasteiger partial charge on any atom is 0.223 e. The summed E-state index contributed by atoms with van der Waals surface area (Å²) in [5.74, 6) is -1.50. The molecular formula is C16H25N2O4-. The zero-order valence-electron chi connectivity index (χ0n) is 13.0. The van der Waals surface area contributed by atoms with Crippen LogP contribution in [0.3, 0.4) is 0 Å². The summed E-state index contributed by atoms with van der Waals surface area (Å²) in [6.07, 6.45) is 6.08. The normalized spacial score (nSPS) is 22.3. The van der Waals surface area contributed by atoms with Crippen LogP contribution in [0.4, 0.5) is 0 Å². The van der Waals surface area contributed by atoms with Gasteiger partial charge in [-0.2, -0.15) is 0 Å². The lowest BCUT2D eigenvalue weighted by atomic mass is 9.69. The average molecular weight is 309 g/mol. The van der Waals surface area contributed by atoms with Crippen LogP contribution in [-0.4, -0.2) is 35.8 Å². The third-order valence-corrected chi connectivity index (χ3v) is 5.21. The van der Waals surface area contributed by atoms with Crippen LogP contribution in [0, 0.1) is 11.3 Å². The van der Waals surface area contributed by atoms with Gasteiger partial charge >= 0.3 is 0 Å². The summed E-state index contributed by atoms with van der Waals surface area (Å²) in [5.41, 5.74) is 4.86. The van der Waals surface area contributed by atoms with Crippen molar-refractivity contribution < 1.29 is 19.5 Å². The number of hydrogen-bond donors (Lipinski definition) is 1. The monoisotopic (exact) mass is 309 g/mol. The molecule has 0 aromatic rings. The topological polar surface area (TPSA) is 104 Å². The molecule has 2 N–H and O–H groups in total. The van der Waals surface area contributed by atoms with Crippen LogP contribution in [0.5, 0.6) is 0 Å². The summed E-state index contributed by atoms with van der Waals surface area (Å²) < 4.78 is 0. The molecule has 6 heteroatoms. The number of primary amides is 1. The Hall–Kier alpha value is -1.59. The van der Waals surface area contributed by atoms with Crippen LogP contribution in [0.1, 0.15) is 57.8 Å². The Morgan fingerprint density at radius 2 is 1.64 bits per heavy atom. The van der Waals surface area contributed by atoms with E-state index in [1.54, 1.807) is 4.90 Å². The van der Waals surface area contributed by atoms with E-state index in [1.165, 1.54) is 0 Å². The van der Waals surface area contributed by atoms with E-state index in [-0.39, 0.29) is 30.6 Å². The molecule has 0 aromatic heterocycles. The minimum Gasteiger partial charge on any atom is -0.550 e. The molecule has 2 amide bonds. The summed E-state index contributed by atoms with van der Waals surface area (Å²) in [6.45, 7) is 1.07. The van der Waals surface area contributed by atoms with Gasteiger partial charge in [0.2, 0.25) is 11.8 Å². The van der Waals surface area contributed by atoms with Gasteiger partial charge < -0.3 is 20.5 Å². The van der Waals surface area contributed by atoms with E-state index < -0.39 is 11.4 Å². The number of likely N-dealkylation sites (tertiary alicyclic amines) is 1. The highest BCUT2D eigenvalue weighted by molar-refractivity contribution is 5.79. The lowest BCUT2D eigenvalue weighted by molar-refractivity contribution is -0.308. The highest BCUT2D eigenvalue weighted by Gasteiger charge is 2.36. The summed E-state index contributed by atoms with van der Waals surface area (Å²) in [4.78, 5) is 36.5. The molecule has 2 fully saturated rings. The quantitative estimate of drug-likeness (QED) is 0.783. The Morgan fingerprint density at radius 3 is 2.14 bits per heavy atom. The van der Waals surface area contributed by atoms with E-state index in [0.717, 1.165) is 32.1 Å². The number of amides is 2. The van der Waals surface area contributed by atoms with E-state index in [4.69, 9.17) is 5.73 Å². The fourth-order valence-electron chi connectivity index (χ4n) is 3.87. The first-order valence-electron chi connectivity index (χ1n) is 8.19. The number of carboxylic acids is 1. The lowest BCUT2D eigenvalue weighted by Gasteiger charge is -2.39. The van der Waals surface area contributed by atoms with Crippen LogP contribution in [-0.2, 0) is 14.4 Å². The van der Waals surface area contributed by atoms with Gasteiger partial charge in [-0.1, -0.05) is 19.3 Å². The van der Waals surface area contributed by atoms with Crippen molar-refractivity contribution in [1.29, 1.82) is 0 Å². The first-order valence-corrected chi connectivity index (χ1v) is 8.19. The number of aliphatic carboxylic acids is 1. The largest absolute Gasteiger partial charge is 0.550 e. The van der Waals surface area contributed by atoms with Gasteiger partial charge in [-0.3, -0.25) is 9.59 Å². The van der Waals surface area contributed by atoms with Crippen molar-refractivity contribution in [3.63, 3.8) is 0 Å². The maximum atomic E-state index is 12.5. The molecule has 1 aliphatic carbocycles. The molecule has 1 heterocycles. The second-order valence-electron chi connectivity index (χ2n) is 6.84. The molecule has 0 aromatic carbocycles. The molecule has 124 valence electrons. The second-order valence-corrected chi connectivity index (χ2v) is 6.84. The van der Waals surface area contributed by atoms with Crippen molar-refractivity contribution in [1.82, 2.24) is 4.90 Å². The molecule has 22 heavy (non-hydrogen) atoms. The van der Waals surface area contributed by atoms with E-state index in [2.05, 4.69) is 0 Å². The number of nitrogens with two attached hydrogens (primary N) is 1. The van der Waals surface area contributed by atoms with Crippen molar-refractivity contribution >= 4 is 17.8 Å². The molecule has 2 aliphatic rings. The van der Waals surface area contributed by atoms with Gasteiger partial charge in [-0.25, -0.2) is 0 Å². The molecule has 1 aliphatic heterocycles. The summed E-state index contributed by atoms with van der Waals surface area (Å²) in [6, 6.07) is 0. The SMILES string of the molecule is NC(=O)C1CCN(C(=O)CC2(CC(=O)[O-])CCCCC2)CC1. The van der Waals surface area contributed by atoms with Gasteiger partial charge in [-0.05, 0) is 37.5 Å². The van der Waals surface area contributed by atoms with Crippen molar-refractivity contribution in [2.24, 2.45) is 17.1 Å². The number of carbonyl (C=O) groups is 3. The Morgan fingerprint density at radius 1 is 1.05 bits per heavy atom. The van der Waals surface area contributed by atoms with Gasteiger partial charge in [0.15, 0.2) is 0 Å². The van der Waals surface area contributed by atoms with Crippen molar-refractivity contribution in [3.8, 4) is 0 Å². The Kier molecular flexibility index (Phi) is 5.42. The van der Waals surface area contributed by atoms with Gasteiger partial charge in [-0.15, -0.1) is 0 Å². The van der Waals surface area contributed by atoms with Crippen LogP contribution in [0.25, 0.3) is 0 Å². The molecule has 6 nitrogen and oxygen atoms in total. The number of hydrogen-bond acceptors (Lipinski definition) is 4. The van der Waals surface area contributed by atoms with Gasteiger partial charge in [0.25, 0.3) is 0 Å². The molecule has 1 saturated heterocycles. The first-order chi connectivity index (χ1) is 10.4. The predicted molar refractivity (Wildman–Crippen MR) is 78.3 cm³/mol. The van der Waals surface area contributed by atoms with E-state index in [0.29, 0.717) is 25.9 Å². The van der Waals surface area contributed by atoms with Crippen LogP contribution in [0.2, 0.25) is 0 Å². The minimum absolute atomic E-state index is 0.00562. The van der Waals surface area contributed by atoms with Gasteiger partial charge in [0, 0.05) is 31.4 Å². The number of piperidine rings is 1. The number of carboxylic acid groups (broad SMARTS) is 1. The van der Waals surface area contributed by atoms with E-state index >= 15 is 0 Å². The number of nitrogens with zero attached hydrogens (tertiary/aromatic N) is 1. The zero-order valence-corrected chi connectivity index (χ0v) is 13.0. The lowest BCUT2D eigenvalue weighted by Crippen LogP contribution is -2.44. The van der Waals surface area contributed by atoms with Gasteiger partial charge in [0.05, 0.1) is 0 Å². The number of rotatable bonds is 5. The highest BCUT2D eigenvalue weighted by Crippen LogP contribution is 2.42. The first kappa shape index (κ1) is 16.8.